The molecule has 0 bridgehead atoms. The molecule has 134 valence electrons. The molecule has 1 unspecified atom stereocenters. The first-order chi connectivity index (χ1) is 12.2. The van der Waals surface area contributed by atoms with Crippen molar-refractivity contribution >= 4 is 34.1 Å². The third-order valence-corrected chi connectivity index (χ3v) is 6.65. The van der Waals surface area contributed by atoms with E-state index in [4.69, 9.17) is 0 Å². The Balaban J connectivity index is 1.47. The van der Waals surface area contributed by atoms with Crippen molar-refractivity contribution < 1.29 is 4.79 Å². The van der Waals surface area contributed by atoms with E-state index >= 15 is 0 Å². The van der Waals surface area contributed by atoms with E-state index in [0.29, 0.717) is 5.92 Å². The summed E-state index contributed by atoms with van der Waals surface area (Å²) >= 11 is 2.98. The summed E-state index contributed by atoms with van der Waals surface area (Å²) in [5.74, 6) is 0.889. The molecule has 1 aliphatic rings. The molecule has 1 fully saturated rings. The minimum Gasteiger partial charge on any atom is -0.363 e. The summed E-state index contributed by atoms with van der Waals surface area (Å²) in [6.07, 6.45) is 3.28. The topological polar surface area (TPSA) is 58.1 Å². The first kappa shape index (κ1) is 18.2. The quantitative estimate of drug-likeness (QED) is 0.782. The molecule has 0 spiro atoms. The zero-order chi connectivity index (χ0) is 17.6. The van der Waals surface area contributed by atoms with Crippen LogP contribution in [0.25, 0.3) is 0 Å². The van der Waals surface area contributed by atoms with E-state index in [1.165, 1.54) is 28.7 Å². The molecule has 1 aromatic carbocycles. The van der Waals surface area contributed by atoms with Crippen molar-refractivity contribution in [2.45, 2.75) is 35.8 Å². The number of anilines is 1. The predicted molar refractivity (Wildman–Crippen MR) is 104 cm³/mol. The molecule has 1 aromatic heterocycles. The van der Waals surface area contributed by atoms with Crippen LogP contribution in [-0.2, 0) is 11.2 Å². The number of carbonyl (C=O) groups excluding carboxylic acids is 1. The average molecular weight is 377 g/mol. The fourth-order valence-corrected chi connectivity index (χ4v) is 5.06. The smallest absolute Gasteiger partial charge is 0.235 e. The van der Waals surface area contributed by atoms with Gasteiger partial charge in [0, 0.05) is 20.1 Å². The van der Waals surface area contributed by atoms with Crippen molar-refractivity contribution in [1.82, 2.24) is 15.1 Å². The molecule has 5 nitrogen and oxygen atoms in total. The van der Waals surface area contributed by atoms with Crippen LogP contribution in [-0.4, -0.2) is 46.4 Å². The molecule has 25 heavy (non-hydrogen) atoms. The van der Waals surface area contributed by atoms with Crippen molar-refractivity contribution in [1.29, 1.82) is 0 Å². The second-order valence-electron chi connectivity index (χ2n) is 6.34. The fraction of sp³-hybridized carbons (Fsp3) is 0.500. The lowest BCUT2D eigenvalue weighted by Gasteiger charge is -2.33. The second-order valence-corrected chi connectivity index (χ2v) is 8.91. The Labute approximate surface area is 157 Å². The molecule has 0 radical (unpaired) electrons. The van der Waals surface area contributed by atoms with Crippen molar-refractivity contribution in [2.24, 2.45) is 5.92 Å². The molecule has 1 N–H and O–H groups in total. The Hall–Kier alpha value is -1.60. The number of hydrogen-bond acceptors (Lipinski definition) is 6. The number of likely N-dealkylation sites (tertiary alicyclic amines) is 1. The third-order valence-electron chi connectivity index (χ3n) is 4.54. The van der Waals surface area contributed by atoms with Crippen molar-refractivity contribution in [2.75, 3.05) is 25.5 Å². The number of hydrogen-bond donors (Lipinski definition) is 1. The maximum Gasteiger partial charge on any atom is 0.235 e. The van der Waals surface area contributed by atoms with Gasteiger partial charge in [-0.15, -0.1) is 10.2 Å². The molecule has 2 heterocycles. The lowest BCUT2D eigenvalue weighted by Crippen LogP contribution is -2.42. The predicted octanol–water partition coefficient (Wildman–Crippen LogP) is 3.54. The second kappa shape index (κ2) is 8.67. The van der Waals surface area contributed by atoms with E-state index in [0.717, 1.165) is 41.8 Å². The highest BCUT2D eigenvalue weighted by molar-refractivity contribution is 8.02. The molecule has 0 aliphatic carbocycles. The van der Waals surface area contributed by atoms with Gasteiger partial charge in [-0.3, -0.25) is 4.79 Å². The summed E-state index contributed by atoms with van der Waals surface area (Å²) in [6.45, 7) is 3.68. The number of piperidine rings is 1. The van der Waals surface area contributed by atoms with Gasteiger partial charge in [0.25, 0.3) is 0 Å². The summed E-state index contributed by atoms with van der Waals surface area (Å²) < 4.78 is 0.837. The Morgan fingerprint density at radius 2 is 2.04 bits per heavy atom. The zero-order valence-electron chi connectivity index (χ0n) is 14.6. The number of benzene rings is 1. The molecule has 7 heteroatoms. The Kier molecular flexibility index (Phi) is 6.31. The SMILES string of the molecule is CNc1nnc(SC(C)C(=O)N2CCC(Cc3ccccc3)CC2)s1. The Bertz CT molecular complexity index is 683. The minimum atomic E-state index is -0.122. The summed E-state index contributed by atoms with van der Waals surface area (Å²) in [6, 6.07) is 10.6. The first-order valence-corrected chi connectivity index (χ1v) is 10.4. The van der Waals surface area contributed by atoms with Crippen LogP contribution in [0.3, 0.4) is 0 Å². The first-order valence-electron chi connectivity index (χ1n) is 8.66. The highest BCUT2D eigenvalue weighted by atomic mass is 32.2. The minimum absolute atomic E-state index is 0.122. The number of nitrogens with one attached hydrogen (secondary N) is 1. The van der Waals surface area contributed by atoms with E-state index in [1.54, 1.807) is 0 Å². The van der Waals surface area contributed by atoms with Gasteiger partial charge in [-0.2, -0.15) is 0 Å². The van der Waals surface area contributed by atoms with E-state index in [2.05, 4.69) is 45.8 Å². The van der Waals surface area contributed by atoms with E-state index in [1.807, 2.05) is 18.9 Å². The molecule has 1 aliphatic heterocycles. The van der Waals surface area contributed by atoms with Crippen LogP contribution in [0, 0.1) is 5.92 Å². The van der Waals surface area contributed by atoms with Gasteiger partial charge in [-0.25, -0.2) is 0 Å². The number of carbonyl (C=O) groups is 1. The van der Waals surface area contributed by atoms with Gasteiger partial charge >= 0.3 is 0 Å². The van der Waals surface area contributed by atoms with Crippen molar-refractivity contribution in [3.05, 3.63) is 35.9 Å². The molecule has 3 rings (SSSR count). The van der Waals surface area contributed by atoms with Gasteiger partial charge in [0.05, 0.1) is 5.25 Å². The number of amides is 1. The van der Waals surface area contributed by atoms with E-state index in [9.17, 15) is 4.79 Å². The highest BCUT2D eigenvalue weighted by Crippen LogP contribution is 2.30. The molecular formula is C18H24N4OS2. The van der Waals surface area contributed by atoms with Crippen LogP contribution < -0.4 is 5.32 Å². The van der Waals surface area contributed by atoms with E-state index in [-0.39, 0.29) is 11.2 Å². The number of thioether (sulfide) groups is 1. The highest BCUT2D eigenvalue weighted by Gasteiger charge is 2.27. The van der Waals surface area contributed by atoms with Crippen LogP contribution in [0.1, 0.15) is 25.3 Å². The largest absolute Gasteiger partial charge is 0.363 e. The molecular weight excluding hydrogens is 352 g/mol. The maximum atomic E-state index is 12.7. The summed E-state index contributed by atoms with van der Waals surface area (Å²) in [5.41, 5.74) is 1.40. The summed E-state index contributed by atoms with van der Waals surface area (Å²) in [5, 5.41) is 11.8. The fourth-order valence-electron chi connectivity index (χ4n) is 3.12. The summed E-state index contributed by atoms with van der Waals surface area (Å²) in [7, 11) is 1.82. The third kappa shape index (κ3) is 4.95. The van der Waals surface area contributed by atoms with Crippen LogP contribution in [0.2, 0.25) is 0 Å². The van der Waals surface area contributed by atoms with Crippen LogP contribution in [0.4, 0.5) is 5.13 Å². The number of nitrogens with zero attached hydrogens (tertiary/aromatic N) is 3. The molecule has 1 amide bonds. The normalized spacial score (nSPS) is 16.6. The lowest BCUT2D eigenvalue weighted by molar-refractivity contribution is -0.131. The van der Waals surface area contributed by atoms with Gasteiger partial charge in [-0.05, 0) is 37.7 Å². The van der Waals surface area contributed by atoms with Gasteiger partial charge in [0.1, 0.15) is 0 Å². The van der Waals surface area contributed by atoms with Crippen LogP contribution in [0.15, 0.2) is 34.7 Å². The molecule has 0 saturated carbocycles. The monoisotopic (exact) mass is 376 g/mol. The molecule has 1 saturated heterocycles. The van der Waals surface area contributed by atoms with Crippen molar-refractivity contribution in [3.8, 4) is 0 Å². The summed E-state index contributed by atoms with van der Waals surface area (Å²) in [4.78, 5) is 14.7. The maximum absolute atomic E-state index is 12.7. The lowest BCUT2D eigenvalue weighted by atomic mass is 9.90. The molecule has 1 atom stereocenters. The van der Waals surface area contributed by atoms with Gasteiger partial charge < -0.3 is 10.2 Å². The van der Waals surface area contributed by atoms with Gasteiger partial charge in [0.15, 0.2) is 4.34 Å². The Morgan fingerprint density at radius 1 is 1.32 bits per heavy atom. The van der Waals surface area contributed by atoms with Crippen molar-refractivity contribution in [3.63, 3.8) is 0 Å². The van der Waals surface area contributed by atoms with Gasteiger partial charge in [0.2, 0.25) is 11.0 Å². The molecule has 2 aromatic rings. The Morgan fingerprint density at radius 3 is 2.68 bits per heavy atom. The van der Waals surface area contributed by atoms with Gasteiger partial charge in [-0.1, -0.05) is 53.4 Å². The van der Waals surface area contributed by atoms with E-state index < -0.39 is 0 Å². The number of aromatic nitrogens is 2. The number of rotatable bonds is 6. The zero-order valence-corrected chi connectivity index (χ0v) is 16.3. The standard InChI is InChI=1S/C18H24N4OS2/c1-13(24-18-21-20-17(19-2)25-18)16(23)22-10-8-15(9-11-22)12-14-6-4-3-5-7-14/h3-7,13,15H,8-12H2,1-2H3,(H,19,20). The van der Waals surface area contributed by atoms with Crippen LogP contribution in [0.5, 0.6) is 0 Å². The van der Waals surface area contributed by atoms with Crippen LogP contribution >= 0.6 is 23.1 Å². The average Bonchev–Trinajstić information content (AvgIpc) is 3.10.